The molecule has 1 rings (SSSR count). The first kappa shape index (κ1) is 13.7. The predicted octanol–water partition coefficient (Wildman–Crippen LogP) is 4.09. The summed E-state index contributed by atoms with van der Waals surface area (Å²) >= 11 is 1.61. The van der Waals surface area contributed by atoms with Crippen molar-refractivity contribution in [1.82, 2.24) is 4.98 Å². The SMILES string of the molecule is CCCCC(CC)CC(O)c1csc(C)n1. The summed E-state index contributed by atoms with van der Waals surface area (Å²) in [4.78, 5) is 4.35. The minimum Gasteiger partial charge on any atom is -0.387 e. The average molecular weight is 241 g/mol. The molecule has 2 unspecified atom stereocenters. The van der Waals surface area contributed by atoms with Gasteiger partial charge < -0.3 is 5.11 Å². The highest BCUT2D eigenvalue weighted by Gasteiger charge is 2.16. The fourth-order valence-corrected chi connectivity index (χ4v) is 2.61. The Labute approximate surface area is 103 Å². The van der Waals surface area contributed by atoms with Gasteiger partial charge in [-0.05, 0) is 19.3 Å². The summed E-state index contributed by atoms with van der Waals surface area (Å²) in [7, 11) is 0. The van der Waals surface area contributed by atoms with Gasteiger partial charge in [0, 0.05) is 5.38 Å². The van der Waals surface area contributed by atoms with E-state index in [4.69, 9.17) is 0 Å². The third-order valence-corrected chi connectivity index (χ3v) is 3.87. The van der Waals surface area contributed by atoms with Crippen LogP contribution >= 0.6 is 11.3 Å². The van der Waals surface area contributed by atoms with Crippen LogP contribution in [0.5, 0.6) is 0 Å². The van der Waals surface area contributed by atoms with Crippen molar-refractivity contribution in [2.45, 2.75) is 59.0 Å². The Balaban J connectivity index is 2.45. The van der Waals surface area contributed by atoms with Crippen molar-refractivity contribution in [3.63, 3.8) is 0 Å². The second kappa shape index (κ2) is 7.02. The lowest BCUT2D eigenvalue weighted by Gasteiger charge is -2.17. The molecule has 0 saturated carbocycles. The summed E-state index contributed by atoms with van der Waals surface area (Å²) in [5, 5.41) is 13.1. The van der Waals surface area contributed by atoms with E-state index in [9.17, 15) is 5.11 Å². The molecule has 0 aromatic carbocycles. The quantitative estimate of drug-likeness (QED) is 0.780. The predicted molar refractivity (Wildman–Crippen MR) is 69.7 cm³/mol. The molecule has 16 heavy (non-hydrogen) atoms. The standard InChI is InChI=1S/C13H23NOS/c1-4-6-7-11(5-2)8-13(15)12-9-16-10(3)14-12/h9,11,13,15H,4-8H2,1-3H3. The molecule has 0 saturated heterocycles. The van der Waals surface area contributed by atoms with Gasteiger partial charge >= 0.3 is 0 Å². The van der Waals surface area contributed by atoms with E-state index in [1.807, 2.05) is 12.3 Å². The van der Waals surface area contributed by atoms with Crippen LogP contribution in [-0.2, 0) is 0 Å². The number of aryl methyl sites for hydroxylation is 1. The van der Waals surface area contributed by atoms with E-state index in [1.54, 1.807) is 11.3 Å². The van der Waals surface area contributed by atoms with Crippen LogP contribution in [0.4, 0.5) is 0 Å². The zero-order chi connectivity index (χ0) is 12.0. The average Bonchev–Trinajstić information content (AvgIpc) is 2.70. The van der Waals surface area contributed by atoms with Crippen molar-refractivity contribution in [3.05, 3.63) is 16.1 Å². The number of nitrogens with zero attached hydrogens (tertiary/aromatic N) is 1. The summed E-state index contributed by atoms with van der Waals surface area (Å²) in [6.45, 7) is 6.40. The molecule has 2 atom stereocenters. The normalized spacial score (nSPS) is 15.0. The van der Waals surface area contributed by atoms with E-state index in [1.165, 1.54) is 19.3 Å². The molecule has 0 spiro atoms. The molecule has 2 nitrogen and oxygen atoms in total. The molecule has 0 radical (unpaired) electrons. The fourth-order valence-electron chi connectivity index (χ4n) is 1.95. The molecule has 92 valence electrons. The second-order valence-corrected chi connectivity index (χ2v) is 5.52. The van der Waals surface area contributed by atoms with E-state index in [2.05, 4.69) is 18.8 Å². The highest BCUT2D eigenvalue weighted by Crippen LogP contribution is 2.27. The minimum absolute atomic E-state index is 0.369. The topological polar surface area (TPSA) is 33.1 Å². The summed E-state index contributed by atoms with van der Waals surface area (Å²) in [5.41, 5.74) is 0.859. The first-order valence-electron chi connectivity index (χ1n) is 6.27. The van der Waals surface area contributed by atoms with Crippen molar-refractivity contribution in [2.75, 3.05) is 0 Å². The lowest BCUT2D eigenvalue weighted by atomic mass is 9.92. The lowest BCUT2D eigenvalue weighted by Crippen LogP contribution is -2.07. The van der Waals surface area contributed by atoms with Gasteiger partial charge in [-0.25, -0.2) is 4.98 Å². The molecule has 0 fully saturated rings. The fraction of sp³-hybridized carbons (Fsp3) is 0.769. The Hall–Kier alpha value is -0.410. The number of thiazole rings is 1. The number of aromatic nitrogens is 1. The number of aliphatic hydroxyl groups excluding tert-OH is 1. The number of hydrogen-bond acceptors (Lipinski definition) is 3. The van der Waals surface area contributed by atoms with Gasteiger partial charge in [0.1, 0.15) is 0 Å². The van der Waals surface area contributed by atoms with Gasteiger partial charge in [0.25, 0.3) is 0 Å². The van der Waals surface area contributed by atoms with Gasteiger partial charge in [-0.1, -0.05) is 39.5 Å². The van der Waals surface area contributed by atoms with Crippen LogP contribution < -0.4 is 0 Å². The maximum Gasteiger partial charge on any atom is 0.0971 e. The number of hydrogen-bond donors (Lipinski definition) is 1. The third-order valence-electron chi connectivity index (χ3n) is 3.08. The zero-order valence-electron chi connectivity index (χ0n) is 10.6. The van der Waals surface area contributed by atoms with Crippen LogP contribution in [0.25, 0.3) is 0 Å². The van der Waals surface area contributed by atoms with Gasteiger partial charge in [0.15, 0.2) is 0 Å². The molecule has 0 aliphatic carbocycles. The number of rotatable bonds is 7. The molecule has 0 bridgehead atoms. The number of aliphatic hydroxyl groups is 1. The first-order chi connectivity index (χ1) is 7.67. The zero-order valence-corrected chi connectivity index (χ0v) is 11.4. The van der Waals surface area contributed by atoms with Crippen LogP contribution in [0.15, 0.2) is 5.38 Å². The molecule has 0 amide bonds. The van der Waals surface area contributed by atoms with Crippen LogP contribution in [0, 0.1) is 12.8 Å². The maximum absolute atomic E-state index is 10.1. The Morgan fingerprint density at radius 2 is 2.19 bits per heavy atom. The lowest BCUT2D eigenvalue weighted by molar-refractivity contribution is 0.135. The van der Waals surface area contributed by atoms with Crippen LogP contribution in [-0.4, -0.2) is 10.1 Å². The summed E-state index contributed by atoms with van der Waals surface area (Å²) in [6, 6.07) is 0. The Morgan fingerprint density at radius 3 is 2.69 bits per heavy atom. The van der Waals surface area contributed by atoms with Crippen molar-refractivity contribution in [2.24, 2.45) is 5.92 Å². The summed E-state index contributed by atoms with van der Waals surface area (Å²) in [5.74, 6) is 0.636. The van der Waals surface area contributed by atoms with Gasteiger partial charge in [0.2, 0.25) is 0 Å². The van der Waals surface area contributed by atoms with Crippen LogP contribution in [0.2, 0.25) is 0 Å². The molecule has 1 aromatic heterocycles. The van der Waals surface area contributed by atoms with Crippen molar-refractivity contribution >= 4 is 11.3 Å². The van der Waals surface area contributed by atoms with Crippen molar-refractivity contribution in [3.8, 4) is 0 Å². The largest absolute Gasteiger partial charge is 0.387 e. The van der Waals surface area contributed by atoms with E-state index < -0.39 is 0 Å². The van der Waals surface area contributed by atoms with E-state index in [0.29, 0.717) is 5.92 Å². The maximum atomic E-state index is 10.1. The summed E-state index contributed by atoms with van der Waals surface area (Å²) in [6.07, 6.45) is 5.38. The molecule has 1 N–H and O–H groups in total. The van der Waals surface area contributed by atoms with Crippen LogP contribution in [0.3, 0.4) is 0 Å². The Bertz CT molecular complexity index is 298. The van der Waals surface area contributed by atoms with E-state index in [0.717, 1.165) is 23.5 Å². The van der Waals surface area contributed by atoms with Crippen molar-refractivity contribution in [1.29, 1.82) is 0 Å². The highest BCUT2D eigenvalue weighted by atomic mass is 32.1. The smallest absolute Gasteiger partial charge is 0.0971 e. The van der Waals surface area contributed by atoms with Gasteiger partial charge in [-0.3, -0.25) is 0 Å². The molecule has 0 aliphatic rings. The number of unbranched alkanes of at least 4 members (excludes halogenated alkanes) is 1. The van der Waals surface area contributed by atoms with E-state index >= 15 is 0 Å². The van der Waals surface area contributed by atoms with Gasteiger partial charge in [-0.2, -0.15) is 0 Å². The molecular weight excluding hydrogens is 218 g/mol. The second-order valence-electron chi connectivity index (χ2n) is 4.46. The van der Waals surface area contributed by atoms with Gasteiger partial charge in [0.05, 0.1) is 16.8 Å². The van der Waals surface area contributed by atoms with Gasteiger partial charge in [-0.15, -0.1) is 11.3 Å². The molecule has 0 aliphatic heterocycles. The Morgan fingerprint density at radius 1 is 1.44 bits per heavy atom. The van der Waals surface area contributed by atoms with E-state index in [-0.39, 0.29) is 6.10 Å². The Kier molecular flexibility index (Phi) is 5.99. The molecule has 3 heteroatoms. The third kappa shape index (κ3) is 4.22. The van der Waals surface area contributed by atoms with Crippen molar-refractivity contribution < 1.29 is 5.11 Å². The van der Waals surface area contributed by atoms with Crippen LogP contribution in [0.1, 0.15) is 62.8 Å². The monoisotopic (exact) mass is 241 g/mol. The minimum atomic E-state index is -0.369. The molecular formula is C13H23NOS. The molecule has 1 heterocycles. The molecule has 1 aromatic rings. The summed E-state index contributed by atoms with van der Waals surface area (Å²) < 4.78 is 0. The highest BCUT2D eigenvalue weighted by molar-refractivity contribution is 7.09. The first-order valence-corrected chi connectivity index (χ1v) is 7.15.